The van der Waals surface area contributed by atoms with Crippen LogP contribution in [0.2, 0.25) is 5.02 Å². The highest BCUT2D eigenvalue weighted by atomic mass is 35.5. The molecule has 0 aliphatic carbocycles. The highest BCUT2D eigenvalue weighted by molar-refractivity contribution is 7.92. The number of sulfonamides is 1. The molecule has 0 radical (unpaired) electrons. The van der Waals surface area contributed by atoms with Crippen LogP contribution >= 0.6 is 11.6 Å². The van der Waals surface area contributed by atoms with E-state index in [9.17, 15) is 18.5 Å². The van der Waals surface area contributed by atoms with Crippen molar-refractivity contribution < 1.29 is 13.3 Å². The predicted octanol–water partition coefficient (Wildman–Crippen LogP) is 3.46. The van der Waals surface area contributed by atoms with Crippen molar-refractivity contribution in [3.63, 3.8) is 0 Å². The molecule has 0 unspecified atom stereocenters. The smallest absolute Gasteiger partial charge is 0.267 e. The van der Waals surface area contributed by atoms with Crippen molar-refractivity contribution in [1.82, 2.24) is 0 Å². The maximum absolute atomic E-state index is 12.7. The average Bonchev–Trinajstić information content (AvgIpc) is 2.50. The number of rotatable bonds is 5. The number of nitro benzene ring substituents is 1. The Balaban J connectivity index is 2.42. The third-order valence-corrected chi connectivity index (χ3v) is 5.21. The van der Waals surface area contributed by atoms with E-state index in [0.29, 0.717) is 10.7 Å². The molecule has 0 heterocycles. The summed E-state index contributed by atoms with van der Waals surface area (Å²) in [7, 11) is -3.79. The Kier molecular flexibility index (Phi) is 4.68. The Morgan fingerprint density at radius 3 is 2.09 bits per heavy atom. The van der Waals surface area contributed by atoms with Crippen LogP contribution < -0.4 is 4.31 Å². The average molecular weight is 341 g/mol. The molecule has 0 aliphatic heterocycles. The standard InChI is InChI=1S/C14H13ClN2O4S/c1-2-16(12-5-3-11(15)4-6-12)22(20,21)14-9-7-13(8-10-14)17(18)19/h3-10H,2H2,1H3. The van der Waals surface area contributed by atoms with E-state index in [1.54, 1.807) is 31.2 Å². The van der Waals surface area contributed by atoms with Crippen molar-refractivity contribution in [1.29, 1.82) is 0 Å². The Labute approximate surface area is 133 Å². The molecule has 0 saturated carbocycles. The number of nitro groups is 1. The maximum Gasteiger partial charge on any atom is 0.269 e. The summed E-state index contributed by atoms with van der Waals surface area (Å²) in [4.78, 5) is 10.1. The van der Waals surface area contributed by atoms with Crippen molar-refractivity contribution in [2.75, 3.05) is 10.8 Å². The summed E-state index contributed by atoms with van der Waals surface area (Å²) in [6, 6.07) is 11.2. The number of halogens is 1. The second kappa shape index (κ2) is 6.33. The van der Waals surface area contributed by atoms with Gasteiger partial charge in [0.1, 0.15) is 0 Å². The molecular weight excluding hydrogens is 328 g/mol. The third kappa shape index (κ3) is 3.20. The molecule has 8 heteroatoms. The van der Waals surface area contributed by atoms with E-state index in [0.717, 1.165) is 0 Å². The fourth-order valence-electron chi connectivity index (χ4n) is 1.97. The summed E-state index contributed by atoms with van der Waals surface area (Å²) in [6.45, 7) is 1.93. The molecule has 0 aromatic heterocycles. The summed E-state index contributed by atoms with van der Waals surface area (Å²) < 4.78 is 26.5. The van der Waals surface area contributed by atoms with E-state index in [1.165, 1.54) is 28.6 Å². The number of hydrogen-bond acceptors (Lipinski definition) is 4. The van der Waals surface area contributed by atoms with Gasteiger partial charge in [-0.3, -0.25) is 14.4 Å². The normalized spacial score (nSPS) is 11.2. The number of non-ortho nitro benzene ring substituents is 1. The van der Waals surface area contributed by atoms with Gasteiger partial charge in [-0.15, -0.1) is 0 Å². The van der Waals surface area contributed by atoms with Gasteiger partial charge >= 0.3 is 0 Å². The zero-order valence-corrected chi connectivity index (χ0v) is 13.2. The molecule has 0 N–H and O–H groups in total. The van der Waals surface area contributed by atoms with Gasteiger partial charge in [-0.1, -0.05) is 11.6 Å². The van der Waals surface area contributed by atoms with Gasteiger partial charge in [-0.2, -0.15) is 0 Å². The summed E-state index contributed by atoms with van der Waals surface area (Å²) in [5, 5.41) is 11.1. The fourth-order valence-corrected chi connectivity index (χ4v) is 3.57. The predicted molar refractivity (Wildman–Crippen MR) is 84.8 cm³/mol. The van der Waals surface area contributed by atoms with E-state index in [1.807, 2.05) is 0 Å². The van der Waals surface area contributed by atoms with Crippen LogP contribution in [-0.4, -0.2) is 19.9 Å². The second-order valence-corrected chi connectivity index (χ2v) is 6.70. The van der Waals surface area contributed by atoms with Crippen molar-refractivity contribution >= 4 is 33.0 Å². The lowest BCUT2D eigenvalue weighted by Gasteiger charge is -2.22. The summed E-state index contributed by atoms with van der Waals surface area (Å²) in [5.41, 5.74) is 0.318. The van der Waals surface area contributed by atoms with Gasteiger partial charge in [-0.05, 0) is 43.3 Å². The van der Waals surface area contributed by atoms with Crippen molar-refractivity contribution in [2.24, 2.45) is 0 Å². The Morgan fingerprint density at radius 1 is 1.09 bits per heavy atom. The molecule has 0 bridgehead atoms. The van der Waals surface area contributed by atoms with E-state index < -0.39 is 14.9 Å². The molecule has 0 aliphatic rings. The zero-order valence-electron chi connectivity index (χ0n) is 11.6. The molecule has 0 atom stereocenters. The number of nitrogens with zero attached hydrogens (tertiary/aromatic N) is 2. The lowest BCUT2D eigenvalue weighted by Crippen LogP contribution is -2.30. The Bertz CT molecular complexity index is 773. The van der Waals surface area contributed by atoms with Gasteiger partial charge in [0, 0.05) is 23.7 Å². The number of hydrogen-bond donors (Lipinski definition) is 0. The van der Waals surface area contributed by atoms with Crippen molar-refractivity contribution in [3.8, 4) is 0 Å². The molecule has 2 rings (SSSR count). The fraction of sp³-hybridized carbons (Fsp3) is 0.143. The molecule has 6 nitrogen and oxygen atoms in total. The minimum atomic E-state index is -3.79. The van der Waals surface area contributed by atoms with Gasteiger partial charge in [0.05, 0.1) is 15.5 Å². The Hall–Kier alpha value is -2.12. The third-order valence-electron chi connectivity index (χ3n) is 3.04. The minimum Gasteiger partial charge on any atom is -0.267 e. The van der Waals surface area contributed by atoms with Gasteiger partial charge < -0.3 is 0 Å². The maximum atomic E-state index is 12.7. The first-order valence-electron chi connectivity index (χ1n) is 6.39. The van der Waals surface area contributed by atoms with E-state index >= 15 is 0 Å². The van der Waals surface area contributed by atoms with Crippen molar-refractivity contribution in [3.05, 3.63) is 63.7 Å². The minimum absolute atomic E-state index is 0.00472. The summed E-state index contributed by atoms with van der Waals surface area (Å²) in [6.07, 6.45) is 0. The largest absolute Gasteiger partial charge is 0.269 e. The zero-order chi connectivity index (χ0) is 16.3. The summed E-state index contributed by atoms with van der Waals surface area (Å²) in [5.74, 6) is 0. The lowest BCUT2D eigenvalue weighted by atomic mass is 10.3. The molecule has 0 fully saturated rings. The number of benzene rings is 2. The van der Waals surface area contributed by atoms with Crippen LogP contribution in [0.15, 0.2) is 53.4 Å². The molecule has 0 amide bonds. The van der Waals surface area contributed by atoms with Gasteiger partial charge in [0.2, 0.25) is 0 Å². The van der Waals surface area contributed by atoms with Crippen LogP contribution in [-0.2, 0) is 10.0 Å². The summed E-state index contributed by atoms with van der Waals surface area (Å²) >= 11 is 5.81. The van der Waals surface area contributed by atoms with Crippen LogP contribution in [0.4, 0.5) is 11.4 Å². The van der Waals surface area contributed by atoms with Crippen LogP contribution in [0.25, 0.3) is 0 Å². The van der Waals surface area contributed by atoms with Gasteiger partial charge in [0.15, 0.2) is 0 Å². The van der Waals surface area contributed by atoms with Gasteiger partial charge in [0.25, 0.3) is 15.7 Å². The number of anilines is 1. The van der Waals surface area contributed by atoms with Crippen LogP contribution in [0.5, 0.6) is 0 Å². The molecular formula is C14H13ClN2O4S. The monoisotopic (exact) mass is 340 g/mol. The molecule has 0 saturated heterocycles. The molecule has 2 aromatic rings. The molecule has 116 valence electrons. The second-order valence-electron chi connectivity index (χ2n) is 4.40. The first-order valence-corrected chi connectivity index (χ1v) is 8.21. The highest BCUT2D eigenvalue weighted by Gasteiger charge is 2.24. The first kappa shape index (κ1) is 16.3. The molecule has 2 aromatic carbocycles. The Morgan fingerprint density at radius 2 is 1.64 bits per heavy atom. The topological polar surface area (TPSA) is 80.5 Å². The SMILES string of the molecule is CCN(c1ccc(Cl)cc1)S(=O)(=O)c1ccc([N+](=O)[O-])cc1. The highest BCUT2D eigenvalue weighted by Crippen LogP contribution is 2.26. The van der Waals surface area contributed by atoms with E-state index in [-0.39, 0.29) is 17.1 Å². The molecule has 22 heavy (non-hydrogen) atoms. The van der Waals surface area contributed by atoms with E-state index in [4.69, 9.17) is 11.6 Å². The van der Waals surface area contributed by atoms with Crippen LogP contribution in [0, 0.1) is 10.1 Å². The quantitative estimate of drug-likeness (QED) is 0.616. The van der Waals surface area contributed by atoms with Gasteiger partial charge in [-0.25, -0.2) is 8.42 Å². The van der Waals surface area contributed by atoms with Crippen LogP contribution in [0.1, 0.15) is 6.92 Å². The van der Waals surface area contributed by atoms with E-state index in [2.05, 4.69) is 0 Å². The van der Waals surface area contributed by atoms with Crippen LogP contribution in [0.3, 0.4) is 0 Å². The van der Waals surface area contributed by atoms with Crippen molar-refractivity contribution in [2.45, 2.75) is 11.8 Å². The lowest BCUT2D eigenvalue weighted by molar-refractivity contribution is -0.384. The first-order chi connectivity index (χ1) is 10.4. The molecule has 0 spiro atoms.